The number of hydrazone groups is 1. The van der Waals surface area contributed by atoms with Crippen molar-refractivity contribution in [2.75, 3.05) is 6.54 Å². The summed E-state index contributed by atoms with van der Waals surface area (Å²) in [6.07, 6.45) is 7.30. The smallest absolute Gasteiger partial charge is 0.230 e. The van der Waals surface area contributed by atoms with Crippen molar-refractivity contribution in [2.24, 2.45) is 11.0 Å². The second-order valence-electron chi connectivity index (χ2n) is 9.26. The molecule has 3 atom stereocenters. The zero-order valence-corrected chi connectivity index (χ0v) is 19.4. The Labute approximate surface area is 200 Å². The highest BCUT2D eigenvalue weighted by atomic mass is 16.2. The molecule has 0 spiro atoms. The Bertz CT molecular complexity index is 1030. The minimum absolute atomic E-state index is 0.00357. The Morgan fingerprint density at radius 2 is 1.88 bits per heavy atom. The summed E-state index contributed by atoms with van der Waals surface area (Å²) in [5, 5.41) is 7.55. The van der Waals surface area contributed by atoms with Gasteiger partial charge in [-0.3, -0.25) is 20.0 Å². The van der Waals surface area contributed by atoms with Crippen LogP contribution in [0.4, 0.5) is 0 Å². The van der Waals surface area contributed by atoms with E-state index in [1.807, 2.05) is 41.3 Å². The SMILES string of the molecule is O=C(CCC1=NNC2N(CCc3ccccc3)C(=O)C3CCCCC3N12)NCc1ccccn1. The van der Waals surface area contributed by atoms with Gasteiger partial charge in [-0.25, -0.2) is 0 Å². The largest absolute Gasteiger partial charge is 0.350 e. The second-order valence-corrected chi connectivity index (χ2v) is 9.26. The van der Waals surface area contributed by atoms with Crippen molar-refractivity contribution in [3.05, 3.63) is 66.0 Å². The predicted molar refractivity (Wildman–Crippen MR) is 129 cm³/mol. The molecule has 3 heterocycles. The highest BCUT2D eigenvalue weighted by molar-refractivity contribution is 5.91. The van der Waals surface area contributed by atoms with Gasteiger partial charge in [0.25, 0.3) is 0 Å². The average Bonchev–Trinajstić information content (AvgIpc) is 3.31. The maximum Gasteiger partial charge on any atom is 0.230 e. The lowest BCUT2D eigenvalue weighted by Gasteiger charge is -2.50. The number of rotatable bonds is 8. The van der Waals surface area contributed by atoms with E-state index in [-0.39, 0.29) is 30.1 Å². The lowest BCUT2D eigenvalue weighted by Crippen LogP contribution is -2.67. The van der Waals surface area contributed by atoms with E-state index in [1.54, 1.807) is 6.20 Å². The zero-order chi connectivity index (χ0) is 23.3. The van der Waals surface area contributed by atoms with E-state index >= 15 is 0 Å². The third-order valence-electron chi connectivity index (χ3n) is 7.11. The molecule has 34 heavy (non-hydrogen) atoms. The zero-order valence-electron chi connectivity index (χ0n) is 19.4. The van der Waals surface area contributed by atoms with Gasteiger partial charge in [0, 0.05) is 31.6 Å². The lowest BCUT2D eigenvalue weighted by atomic mass is 9.80. The molecule has 178 valence electrons. The van der Waals surface area contributed by atoms with Gasteiger partial charge < -0.3 is 15.1 Å². The van der Waals surface area contributed by atoms with Gasteiger partial charge in [0.2, 0.25) is 11.8 Å². The summed E-state index contributed by atoms with van der Waals surface area (Å²) < 4.78 is 0. The normalized spacial score (nSPS) is 23.6. The van der Waals surface area contributed by atoms with Crippen molar-refractivity contribution in [3.8, 4) is 0 Å². The number of fused-ring (bicyclic) bond motifs is 3. The number of carbonyl (C=O) groups excluding carboxylic acids is 2. The van der Waals surface area contributed by atoms with Crippen LogP contribution >= 0.6 is 0 Å². The number of pyridine rings is 1. The van der Waals surface area contributed by atoms with Gasteiger partial charge in [-0.05, 0) is 37.0 Å². The maximum atomic E-state index is 13.5. The van der Waals surface area contributed by atoms with Crippen molar-refractivity contribution in [2.45, 2.75) is 63.8 Å². The van der Waals surface area contributed by atoms with Crippen LogP contribution in [0.1, 0.15) is 49.8 Å². The Hall–Kier alpha value is -3.42. The fourth-order valence-electron chi connectivity index (χ4n) is 5.37. The Kier molecular flexibility index (Phi) is 6.74. The van der Waals surface area contributed by atoms with Crippen LogP contribution in [0.25, 0.3) is 0 Å². The molecule has 3 aliphatic rings. The van der Waals surface area contributed by atoms with Crippen molar-refractivity contribution in [3.63, 3.8) is 0 Å². The standard InChI is InChI=1S/C26H32N6O2/c33-24(28-18-20-10-6-7-16-27-20)14-13-23-29-30-26-31(17-15-19-8-2-1-3-9-19)25(34)21-11-4-5-12-22(21)32(23)26/h1-3,6-10,16,21-22,26,30H,4-5,11-15,17-18H2,(H,28,33). The summed E-state index contributed by atoms with van der Waals surface area (Å²) in [4.78, 5) is 34.4. The first-order valence-electron chi connectivity index (χ1n) is 12.3. The van der Waals surface area contributed by atoms with Crippen molar-refractivity contribution in [1.29, 1.82) is 0 Å². The first kappa shape index (κ1) is 22.4. The topological polar surface area (TPSA) is 89.9 Å². The summed E-state index contributed by atoms with van der Waals surface area (Å²) >= 11 is 0. The van der Waals surface area contributed by atoms with E-state index in [1.165, 1.54) is 5.56 Å². The molecular weight excluding hydrogens is 428 g/mol. The molecule has 0 radical (unpaired) electrons. The van der Waals surface area contributed by atoms with Crippen LogP contribution in [-0.4, -0.2) is 51.3 Å². The summed E-state index contributed by atoms with van der Waals surface area (Å²) in [5.41, 5.74) is 5.27. The number of amides is 2. The maximum absolute atomic E-state index is 13.5. The molecule has 3 unspecified atom stereocenters. The number of aromatic nitrogens is 1. The molecule has 1 saturated carbocycles. The molecule has 1 aromatic heterocycles. The number of benzene rings is 1. The van der Waals surface area contributed by atoms with Gasteiger partial charge in [0.1, 0.15) is 5.84 Å². The van der Waals surface area contributed by atoms with Crippen LogP contribution in [0.15, 0.2) is 59.8 Å². The molecule has 2 fully saturated rings. The van der Waals surface area contributed by atoms with Gasteiger partial charge in [0.05, 0.1) is 18.2 Å². The molecule has 5 rings (SSSR count). The number of nitrogens with zero attached hydrogens (tertiary/aromatic N) is 4. The number of carbonyl (C=O) groups is 2. The van der Waals surface area contributed by atoms with E-state index in [9.17, 15) is 9.59 Å². The molecule has 8 heteroatoms. The van der Waals surface area contributed by atoms with Crippen LogP contribution in [0.2, 0.25) is 0 Å². The van der Waals surface area contributed by atoms with Crippen LogP contribution in [0, 0.1) is 5.92 Å². The van der Waals surface area contributed by atoms with Crippen LogP contribution in [0.3, 0.4) is 0 Å². The molecule has 1 saturated heterocycles. The summed E-state index contributed by atoms with van der Waals surface area (Å²) in [6.45, 7) is 1.07. The Morgan fingerprint density at radius 1 is 1.06 bits per heavy atom. The highest BCUT2D eigenvalue weighted by Crippen LogP contribution is 2.37. The van der Waals surface area contributed by atoms with Gasteiger partial charge in [-0.2, -0.15) is 5.10 Å². The van der Waals surface area contributed by atoms with Gasteiger partial charge in [-0.15, -0.1) is 0 Å². The number of hydrogen-bond acceptors (Lipinski definition) is 6. The molecule has 2 N–H and O–H groups in total. The highest BCUT2D eigenvalue weighted by Gasteiger charge is 2.50. The van der Waals surface area contributed by atoms with Crippen molar-refractivity contribution < 1.29 is 9.59 Å². The van der Waals surface area contributed by atoms with Crippen LogP contribution in [0.5, 0.6) is 0 Å². The molecule has 1 aliphatic carbocycles. The third-order valence-corrected chi connectivity index (χ3v) is 7.11. The fraction of sp³-hybridized carbons (Fsp3) is 0.462. The van der Waals surface area contributed by atoms with Gasteiger partial charge >= 0.3 is 0 Å². The minimum Gasteiger partial charge on any atom is -0.350 e. The van der Waals surface area contributed by atoms with E-state index < -0.39 is 0 Å². The molecule has 8 nitrogen and oxygen atoms in total. The third kappa shape index (κ3) is 4.76. The number of nitrogens with one attached hydrogen (secondary N) is 2. The molecule has 2 amide bonds. The lowest BCUT2D eigenvalue weighted by molar-refractivity contribution is -0.155. The van der Waals surface area contributed by atoms with E-state index in [0.717, 1.165) is 43.6 Å². The molecule has 0 bridgehead atoms. The minimum atomic E-state index is -0.262. The van der Waals surface area contributed by atoms with Gasteiger partial charge in [-0.1, -0.05) is 49.2 Å². The predicted octanol–water partition coefficient (Wildman–Crippen LogP) is 2.62. The van der Waals surface area contributed by atoms with E-state index in [0.29, 0.717) is 25.9 Å². The second kappa shape index (κ2) is 10.2. The fourth-order valence-corrected chi connectivity index (χ4v) is 5.37. The molecule has 2 aliphatic heterocycles. The monoisotopic (exact) mass is 460 g/mol. The van der Waals surface area contributed by atoms with Crippen LogP contribution in [-0.2, 0) is 22.6 Å². The number of hydrogen-bond donors (Lipinski definition) is 2. The Balaban J connectivity index is 1.23. The average molecular weight is 461 g/mol. The first-order chi connectivity index (χ1) is 16.7. The van der Waals surface area contributed by atoms with E-state index in [2.05, 4.69) is 37.9 Å². The van der Waals surface area contributed by atoms with Crippen molar-refractivity contribution in [1.82, 2.24) is 25.5 Å². The number of amidine groups is 1. The summed E-state index contributed by atoms with van der Waals surface area (Å²) in [5.74, 6) is 1.10. The van der Waals surface area contributed by atoms with Gasteiger partial charge in [0.15, 0.2) is 6.29 Å². The molecule has 2 aromatic rings. The Morgan fingerprint density at radius 3 is 2.71 bits per heavy atom. The quantitative estimate of drug-likeness (QED) is 0.632. The van der Waals surface area contributed by atoms with E-state index in [4.69, 9.17) is 0 Å². The summed E-state index contributed by atoms with van der Waals surface area (Å²) in [7, 11) is 0. The van der Waals surface area contributed by atoms with Crippen LogP contribution < -0.4 is 10.7 Å². The molecular formula is C26H32N6O2. The first-order valence-corrected chi connectivity index (χ1v) is 12.3. The van der Waals surface area contributed by atoms with Crippen molar-refractivity contribution >= 4 is 17.6 Å². The summed E-state index contributed by atoms with van der Waals surface area (Å²) in [6, 6.07) is 16.1. The molecule has 1 aromatic carbocycles.